The van der Waals surface area contributed by atoms with Crippen molar-refractivity contribution < 1.29 is 18.8 Å². The summed E-state index contributed by atoms with van der Waals surface area (Å²) in [5.74, 6) is 1.14. The average molecular weight is 408 g/mol. The number of amides is 1. The second kappa shape index (κ2) is 8.11. The van der Waals surface area contributed by atoms with Crippen LogP contribution in [0.1, 0.15) is 10.5 Å². The Bertz CT molecular complexity index is 1140. The van der Waals surface area contributed by atoms with Crippen molar-refractivity contribution in [2.75, 3.05) is 19.5 Å². The van der Waals surface area contributed by atoms with E-state index in [9.17, 15) is 4.79 Å². The Hall–Kier alpha value is -3.72. The molecule has 2 aromatic carbocycles. The molecule has 0 unspecified atom stereocenters. The Morgan fingerprint density at radius 3 is 2.62 bits per heavy atom. The van der Waals surface area contributed by atoms with Crippen LogP contribution in [0.4, 0.5) is 5.13 Å². The molecule has 8 nitrogen and oxygen atoms in total. The Morgan fingerprint density at radius 2 is 1.86 bits per heavy atom. The third kappa shape index (κ3) is 3.94. The van der Waals surface area contributed by atoms with Gasteiger partial charge in [-0.25, -0.2) is 0 Å². The molecule has 2 aromatic heterocycles. The van der Waals surface area contributed by atoms with Gasteiger partial charge in [0.05, 0.1) is 19.8 Å². The molecule has 9 heteroatoms. The topological polar surface area (TPSA) is 99.4 Å². The van der Waals surface area contributed by atoms with Crippen molar-refractivity contribution in [3.8, 4) is 33.4 Å². The van der Waals surface area contributed by atoms with Crippen molar-refractivity contribution in [1.29, 1.82) is 0 Å². The summed E-state index contributed by atoms with van der Waals surface area (Å²) in [5, 5.41) is 15.8. The quantitative estimate of drug-likeness (QED) is 0.512. The Kier molecular flexibility index (Phi) is 5.21. The number of carbonyl (C=O) groups excluding carboxylic acids is 1. The van der Waals surface area contributed by atoms with Crippen molar-refractivity contribution in [2.24, 2.45) is 0 Å². The number of hydrogen-bond donors (Lipinski definition) is 1. The predicted molar refractivity (Wildman–Crippen MR) is 108 cm³/mol. The number of hydrogen-bond acceptors (Lipinski definition) is 8. The number of aromatic nitrogens is 3. The Labute approximate surface area is 170 Å². The molecule has 29 heavy (non-hydrogen) atoms. The lowest BCUT2D eigenvalue weighted by Crippen LogP contribution is -2.11. The summed E-state index contributed by atoms with van der Waals surface area (Å²) in [6, 6.07) is 16.4. The van der Waals surface area contributed by atoms with E-state index in [4.69, 9.17) is 14.0 Å². The van der Waals surface area contributed by atoms with E-state index in [2.05, 4.69) is 20.7 Å². The molecule has 0 aliphatic rings. The highest BCUT2D eigenvalue weighted by Crippen LogP contribution is 2.34. The van der Waals surface area contributed by atoms with Crippen LogP contribution in [0.5, 0.6) is 11.5 Å². The molecule has 4 rings (SSSR count). The van der Waals surface area contributed by atoms with E-state index in [1.165, 1.54) is 17.4 Å². The molecule has 0 saturated carbocycles. The molecule has 146 valence electrons. The average Bonchev–Trinajstić information content (AvgIpc) is 3.44. The molecule has 0 aliphatic heterocycles. The molecular formula is C20H16N4O4S. The molecular weight excluding hydrogens is 392 g/mol. The van der Waals surface area contributed by atoms with E-state index in [0.29, 0.717) is 33.0 Å². The normalized spacial score (nSPS) is 10.6. The van der Waals surface area contributed by atoms with Crippen LogP contribution in [0, 0.1) is 0 Å². The van der Waals surface area contributed by atoms with Gasteiger partial charge < -0.3 is 14.0 Å². The highest BCUT2D eigenvalue weighted by Gasteiger charge is 2.18. The zero-order valence-corrected chi connectivity index (χ0v) is 16.4. The molecule has 4 aromatic rings. The number of nitrogens with zero attached hydrogens (tertiary/aromatic N) is 3. The van der Waals surface area contributed by atoms with Crippen LogP contribution in [-0.2, 0) is 0 Å². The van der Waals surface area contributed by atoms with Crippen molar-refractivity contribution in [1.82, 2.24) is 15.4 Å². The third-order valence-corrected chi connectivity index (χ3v) is 4.97. The van der Waals surface area contributed by atoms with E-state index in [1.54, 1.807) is 32.4 Å². The first-order valence-electron chi connectivity index (χ1n) is 8.57. The lowest BCUT2D eigenvalue weighted by atomic mass is 10.1. The number of ether oxygens (including phenoxy) is 2. The zero-order chi connectivity index (χ0) is 20.2. The van der Waals surface area contributed by atoms with Crippen molar-refractivity contribution in [2.45, 2.75) is 0 Å². The number of anilines is 1. The smallest absolute Gasteiger partial charge is 0.279 e. The van der Waals surface area contributed by atoms with Crippen LogP contribution in [-0.4, -0.2) is 35.5 Å². The van der Waals surface area contributed by atoms with Crippen LogP contribution < -0.4 is 14.8 Å². The standard InChI is InChI=1S/C20H16N4O4S/c1-26-13-8-9-16(27-2)14(10-13)17-11-15(24-28-17)18(25)21-20-23-22-19(29-20)12-6-4-3-5-7-12/h3-11H,1-2H3,(H,21,23,25). The largest absolute Gasteiger partial charge is 0.497 e. The molecule has 0 radical (unpaired) electrons. The SMILES string of the molecule is COc1ccc(OC)c(-c2cc(C(=O)Nc3nnc(-c4ccccc4)s3)no2)c1. The second-order valence-electron chi connectivity index (χ2n) is 5.88. The van der Waals surface area contributed by atoms with Crippen molar-refractivity contribution >= 4 is 22.4 Å². The molecule has 0 aliphatic carbocycles. The van der Waals surface area contributed by atoms with Gasteiger partial charge in [0.2, 0.25) is 5.13 Å². The second-order valence-corrected chi connectivity index (χ2v) is 6.85. The van der Waals surface area contributed by atoms with Gasteiger partial charge >= 0.3 is 0 Å². The van der Waals surface area contributed by atoms with E-state index in [-0.39, 0.29) is 5.69 Å². The van der Waals surface area contributed by atoms with E-state index in [1.807, 2.05) is 30.3 Å². The fourth-order valence-electron chi connectivity index (χ4n) is 2.65. The van der Waals surface area contributed by atoms with Gasteiger partial charge in [0.25, 0.3) is 5.91 Å². The predicted octanol–water partition coefficient (Wildman–Crippen LogP) is 4.13. The fraction of sp³-hybridized carbons (Fsp3) is 0.100. The highest BCUT2D eigenvalue weighted by molar-refractivity contribution is 7.18. The van der Waals surface area contributed by atoms with Crippen LogP contribution in [0.2, 0.25) is 0 Å². The van der Waals surface area contributed by atoms with Gasteiger partial charge in [-0.15, -0.1) is 10.2 Å². The van der Waals surface area contributed by atoms with Crippen LogP contribution in [0.25, 0.3) is 21.9 Å². The van der Waals surface area contributed by atoms with Crippen LogP contribution in [0.3, 0.4) is 0 Å². The van der Waals surface area contributed by atoms with Gasteiger partial charge in [0.15, 0.2) is 11.5 Å². The van der Waals surface area contributed by atoms with E-state index >= 15 is 0 Å². The Balaban J connectivity index is 1.53. The number of nitrogens with one attached hydrogen (secondary N) is 1. The number of rotatable bonds is 6. The minimum absolute atomic E-state index is 0.112. The molecule has 1 amide bonds. The molecule has 0 bridgehead atoms. The molecule has 0 atom stereocenters. The minimum Gasteiger partial charge on any atom is -0.497 e. The van der Waals surface area contributed by atoms with Crippen LogP contribution in [0.15, 0.2) is 59.1 Å². The van der Waals surface area contributed by atoms with Crippen LogP contribution >= 0.6 is 11.3 Å². The summed E-state index contributed by atoms with van der Waals surface area (Å²) in [4.78, 5) is 12.5. The number of benzene rings is 2. The fourth-order valence-corrected chi connectivity index (χ4v) is 3.39. The summed E-state index contributed by atoms with van der Waals surface area (Å²) in [6.45, 7) is 0. The minimum atomic E-state index is -0.447. The molecule has 0 spiro atoms. The van der Waals surface area contributed by atoms with Gasteiger partial charge in [-0.3, -0.25) is 10.1 Å². The van der Waals surface area contributed by atoms with Gasteiger partial charge in [-0.05, 0) is 18.2 Å². The maximum atomic E-state index is 12.5. The summed E-state index contributed by atoms with van der Waals surface area (Å²) < 4.78 is 15.9. The molecule has 1 N–H and O–H groups in total. The monoisotopic (exact) mass is 408 g/mol. The summed E-state index contributed by atoms with van der Waals surface area (Å²) in [7, 11) is 3.12. The number of carbonyl (C=O) groups is 1. The molecule has 2 heterocycles. The number of methoxy groups -OCH3 is 2. The highest BCUT2D eigenvalue weighted by atomic mass is 32.1. The summed E-state index contributed by atoms with van der Waals surface area (Å²) >= 11 is 1.27. The lowest BCUT2D eigenvalue weighted by Gasteiger charge is -2.07. The van der Waals surface area contributed by atoms with E-state index in [0.717, 1.165) is 5.56 Å². The van der Waals surface area contributed by atoms with Gasteiger partial charge in [-0.1, -0.05) is 46.8 Å². The maximum Gasteiger partial charge on any atom is 0.279 e. The maximum absolute atomic E-state index is 12.5. The third-order valence-electron chi connectivity index (χ3n) is 4.08. The zero-order valence-electron chi connectivity index (χ0n) is 15.6. The Morgan fingerprint density at radius 1 is 1.03 bits per heavy atom. The molecule has 0 fully saturated rings. The lowest BCUT2D eigenvalue weighted by molar-refractivity contribution is 0.101. The van der Waals surface area contributed by atoms with Gasteiger partial charge in [-0.2, -0.15) is 0 Å². The summed E-state index contributed by atoms with van der Waals surface area (Å²) in [6.07, 6.45) is 0. The molecule has 0 saturated heterocycles. The van der Waals surface area contributed by atoms with Crippen molar-refractivity contribution in [3.63, 3.8) is 0 Å². The van der Waals surface area contributed by atoms with Gasteiger partial charge in [0, 0.05) is 11.6 Å². The van der Waals surface area contributed by atoms with Crippen molar-refractivity contribution in [3.05, 3.63) is 60.3 Å². The first-order chi connectivity index (χ1) is 14.2. The first kappa shape index (κ1) is 18.6. The van der Waals surface area contributed by atoms with E-state index < -0.39 is 5.91 Å². The first-order valence-corrected chi connectivity index (χ1v) is 9.39. The summed E-state index contributed by atoms with van der Waals surface area (Å²) in [5.41, 5.74) is 1.67. The van der Waals surface area contributed by atoms with Gasteiger partial charge in [0.1, 0.15) is 16.5 Å².